The first-order valence-electron chi connectivity index (χ1n) is 7.16. The number of carbonyl (C=O) groups is 1. The number of hydrogen-bond donors (Lipinski definition) is 3. The minimum Gasteiger partial charge on any atom is -0.349 e. The van der Waals surface area contributed by atoms with Gasteiger partial charge in [-0.15, -0.1) is 0 Å². The normalized spacial score (nSPS) is 12.7. The lowest BCUT2D eigenvalue weighted by atomic mass is 10.0. The summed E-state index contributed by atoms with van der Waals surface area (Å²) in [6.45, 7) is 0. The number of aromatic amines is 2. The fourth-order valence-electron chi connectivity index (χ4n) is 2.29. The second-order valence-electron chi connectivity index (χ2n) is 5.43. The van der Waals surface area contributed by atoms with Crippen molar-refractivity contribution in [1.82, 2.24) is 15.3 Å². The highest BCUT2D eigenvalue weighted by Gasteiger charge is 2.33. The van der Waals surface area contributed by atoms with Crippen molar-refractivity contribution in [3.05, 3.63) is 66.4 Å². The Morgan fingerprint density at radius 2 is 1.69 bits per heavy atom. The Morgan fingerprint density at radius 1 is 1.08 bits per heavy atom. The van der Waals surface area contributed by atoms with E-state index in [0.29, 0.717) is 0 Å². The molecule has 1 aromatic carbocycles. The predicted molar refractivity (Wildman–Crippen MR) is 89.4 cm³/mol. The van der Waals surface area contributed by atoms with E-state index in [4.69, 9.17) is 23.2 Å². The molecule has 11 heteroatoms. The van der Waals surface area contributed by atoms with E-state index < -0.39 is 42.2 Å². The number of halogens is 5. The maximum Gasteiger partial charge on any atom is 0.391 e. The Balaban J connectivity index is 2.24. The SMILES string of the molecule is O=C(Cc1cc(=O)[nH]c(=O)[nH]1)NC(CC(F)(F)F)c1cc(Cl)cc(Cl)c1. The van der Waals surface area contributed by atoms with Crippen LogP contribution in [0, 0.1) is 0 Å². The van der Waals surface area contributed by atoms with E-state index in [1.54, 1.807) is 0 Å². The fraction of sp³-hybridized carbons (Fsp3) is 0.267. The minimum absolute atomic E-state index is 0.0360. The van der Waals surface area contributed by atoms with E-state index in [1.165, 1.54) is 18.2 Å². The first kappa shape index (κ1) is 20.1. The molecule has 0 radical (unpaired) electrons. The number of aromatic nitrogens is 2. The molecule has 0 saturated heterocycles. The number of amides is 1. The average Bonchev–Trinajstić information content (AvgIpc) is 2.42. The third-order valence-electron chi connectivity index (χ3n) is 3.23. The van der Waals surface area contributed by atoms with E-state index in [-0.39, 0.29) is 21.3 Å². The molecule has 1 heterocycles. The fourth-order valence-corrected chi connectivity index (χ4v) is 2.84. The number of H-pyrrole nitrogens is 2. The van der Waals surface area contributed by atoms with Gasteiger partial charge in [0.05, 0.1) is 18.9 Å². The highest BCUT2D eigenvalue weighted by atomic mass is 35.5. The molecular formula is C15H12Cl2F3N3O3. The van der Waals surface area contributed by atoms with Crippen LogP contribution in [0.2, 0.25) is 10.0 Å². The van der Waals surface area contributed by atoms with Crippen LogP contribution in [0.15, 0.2) is 33.9 Å². The van der Waals surface area contributed by atoms with Gasteiger partial charge >= 0.3 is 11.9 Å². The maximum atomic E-state index is 12.9. The molecule has 0 saturated carbocycles. The number of nitrogens with one attached hydrogen (secondary N) is 3. The van der Waals surface area contributed by atoms with E-state index in [1.807, 2.05) is 4.98 Å². The van der Waals surface area contributed by atoms with Crippen LogP contribution in [0.25, 0.3) is 0 Å². The molecule has 1 unspecified atom stereocenters. The van der Waals surface area contributed by atoms with Gasteiger partial charge < -0.3 is 10.3 Å². The summed E-state index contributed by atoms with van der Waals surface area (Å²) >= 11 is 11.6. The van der Waals surface area contributed by atoms with Gasteiger partial charge in [-0.3, -0.25) is 14.6 Å². The van der Waals surface area contributed by atoms with Crippen molar-refractivity contribution >= 4 is 29.1 Å². The monoisotopic (exact) mass is 409 g/mol. The Bertz CT molecular complexity index is 876. The highest BCUT2D eigenvalue weighted by molar-refractivity contribution is 6.34. The van der Waals surface area contributed by atoms with Crippen molar-refractivity contribution in [2.75, 3.05) is 0 Å². The molecule has 3 N–H and O–H groups in total. The summed E-state index contributed by atoms with van der Waals surface area (Å²) in [7, 11) is 0. The van der Waals surface area contributed by atoms with Crippen molar-refractivity contribution in [2.24, 2.45) is 0 Å². The molecule has 0 aliphatic carbocycles. The van der Waals surface area contributed by atoms with Crippen molar-refractivity contribution in [3.8, 4) is 0 Å². The minimum atomic E-state index is -4.56. The van der Waals surface area contributed by atoms with Crippen molar-refractivity contribution in [2.45, 2.75) is 25.1 Å². The quantitative estimate of drug-likeness (QED) is 0.708. The van der Waals surface area contributed by atoms with Crippen LogP contribution in [-0.2, 0) is 11.2 Å². The molecule has 6 nitrogen and oxygen atoms in total. The van der Waals surface area contributed by atoms with Crippen LogP contribution in [0.4, 0.5) is 13.2 Å². The second kappa shape index (κ2) is 7.96. The molecule has 2 rings (SSSR count). The first-order valence-corrected chi connectivity index (χ1v) is 7.92. The molecule has 0 aliphatic heterocycles. The maximum absolute atomic E-state index is 12.9. The summed E-state index contributed by atoms with van der Waals surface area (Å²) in [6, 6.07) is 3.40. The lowest BCUT2D eigenvalue weighted by molar-refractivity contribution is -0.142. The van der Waals surface area contributed by atoms with Crippen LogP contribution in [0.1, 0.15) is 23.7 Å². The zero-order valence-electron chi connectivity index (χ0n) is 12.9. The summed E-state index contributed by atoms with van der Waals surface area (Å²) in [5, 5.41) is 2.46. The highest BCUT2D eigenvalue weighted by Crippen LogP contribution is 2.32. The van der Waals surface area contributed by atoms with Gasteiger partial charge in [0.15, 0.2) is 0 Å². The first-order chi connectivity index (χ1) is 12.0. The van der Waals surface area contributed by atoms with Gasteiger partial charge in [-0.2, -0.15) is 13.2 Å². The molecule has 0 fully saturated rings. The second-order valence-corrected chi connectivity index (χ2v) is 6.30. The Labute approximate surface area is 154 Å². The predicted octanol–water partition coefficient (Wildman–Crippen LogP) is 2.72. The molecule has 1 amide bonds. The van der Waals surface area contributed by atoms with Crippen LogP contribution in [0.5, 0.6) is 0 Å². The summed E-state index contributed by atoms with van der Waals surface area (Å²) in [5.74, 6) is -0.823. The van der Waals surface area contributed by atoms with Crippen LogP contribution >= 0.6 is 23.2 Å². The van der Waals surface area contributed by atoms with Gasteiger partial charge in [-0.05, 0) is 23.8 Å². The summed E-state index contributed by atoms with van der Waals surface area (Å²) in [4.78, 5) is 38.6. The molecule has 1 atom stereocenters. The van der Waals surface area contributed by atoms with Crippen molar-refractivity contribution in [1.29, 1.82) is 0 Å². The van der Waals surface area contributed by atoms with Gasteiger partial charge in [-0.25, -0.2) is 4.79 Å². The summed E-state index contributed by atoms with van der Waals surface area (Å²) in [6.07, 6.45) is -6.39. The zero-order valence-corrected chi connectivity index (χ0v) is 14.4. The van der Waals surface area contributed by atoms with E-state index >= 15 is 0 Å². The largest absolute Gasteiger partial charge is 0.391 e. The molecular weight excluding hydrogens is 398 g/mol. The number of benzene rings is 1. The van der Waals surface area contributed by atoms with E-state index in [0.717, 1.165) is 6.07 Å². The van der Waals surface area contributed by atoms with Crippen LogP contribution in [0.3, 0.4) is 0 Å². The average molecular weight is 410 g/mol. The molecule has 0 spiro atoms. The zero-order chi connectivity index (χ0) is 19.5. The number of carbonyl (C=O) groups excluding carboxylic acids is 1. The van der Waals surface area contributed by atoms with Gasteiger partial charge in [0.25, 0.3) is 5.56 Å². The molecule has 140 valence electrons. The Morgan fingerprint density at radius 3 is 2.23 bits per heavy atom. The molecule has 0 bridgehead atoms. The standard InChI is InChI=1S/C15H12Cl2F3N3O3/c16-8-1-7(2-9(17)3-8)11(6-15(18,19)20)22-12(24)4-10-5-13(25)23-14(26)21-10/h1-3,5,11H,4,6H2,(H,22,24)(H2,21,23,25,26). The third-order valence-corrected chi connectivity index (χ3v) is 3.66. The van der Waals surface area contributed by atoms with Crippen LogP contribution < -0.4 is 16.6 Å². The Kier molecular flexibility index (Phi) is 6.14. The van der Waals surface area contributed by atoms with E-state index in [2.05, 4.69) is 10.3 Å². The van der Waals surface area contributed by atoms with Gasteiger partial charge in [0.2, 0.25) is 5.91 Å². The number of alkyl halides is 3. The lowest BCUT2D eigenvalue weighted by Crippen LogP contribution is -2.34. The molecule has 1 aromatic heterocycles. The van der Waals surface area contributed by atoms with Crippen molar-refractivity contribution in [3.63, 3.8) is 0 Å². The topological polar surface area (TPSA) is 94.8 Å². The smallest absolute Gasteiger partial charge is 0.349 e. The third kappa shape index (κ3) is 6.23. The Hall–Kier alpha value is -2.26. The van der Waals surface area contributed by atoms with Crippen molar-refractivity contribution < 1.29 is 18.0 Å². The summed E-state index contributed by atoms with van der Waals surface area (Å²) < 4.78 is 38.6. The molecule has 0 aliphatic rings. The van der Waals surface area contributed by atoms with Gasteiger partial charge in [0, 0.05) is 21.8 Å². The van der Waals surface area contributed by atoms with Crippen LogP contribution in [-0.4, -0.2) is 22.1 Å². The number of hydrogen-bond acceptors (Lipinski definition) is 3. The molecule has 2 aromatic rings. The molecule has 26 heavy (non-hydrogen) atoms. The van der Waals surface area contributed by atoms with Gasteiger partial charge in [0.1, 0.15) is 0 Å². The number of rotatable bonds is 5. The summed E-state index contributed by atoms with van der Waals surface area (Å²) in [5.41, 5.74) is -1.52. The lowest BCUT2D eigenvalue weighted by Gasteiger charge is -2.21. The van der Waals surface area contributed by atoms with Gasteiger partial charge in [-0.1, -0.05) is 23.2 Å². The van der Waals surface area contributed by atoms with E-state index in [9.17, 15) is 27.6 Å².